The number of morpholine rings is 1. The van der Waals surface area contributed by atoms with E-state index in [4.69, 9.17) is 16.3 Å². The number of nitrogens with one attached hydrogen (secondary N) is 1. The summed E-state index contributed by atoms with van der Waals surface area (Å²) < 4.78 is 5.94. The van der Waals surface area contributed by atoms with Gasteiger partial charge in [-0.1, -0.05) is 35.9 Å². The molecule has 1 aromatic heterocycles. The third-order valence-corrected chi connectivity index (χ3v) is 5.17. The number of aromatic nitrogens is 2. The zero-order chi connectivity index (χ0) is 18.1. The van der Waals surface area contributed by atoms with Crippen LogP contribution >= 0.6 is 11.6 Å². The Balaban J connectivity index is 1.58. The molecule has 0 radical (unpaired) electrons. The Bertz CT molecular complexity index is 971. The van der Waals surface area contributed by atoms with Gasteiger partial charge in [-0.2, -0.15) is 0 Å². The lowest BCUT2D eigenvalue weighted by atomic mass is 10.1. The molecule has 26 heavy (non-hydrogen) atoms. The van der Waals surface area contributed by atoms with E-state index in [1.165, 1.54) is 0 Å². The van der Waals surface area contributed by atoms with Crippen molar-refractivity contribution < 1.29 is 4.74 Å². The third kappa shape index (κ3) is 3.38. The zero-order valence-electron chi connectivity index (χ0n) is 14.5. The fourth-order valence-electron chi connectivity index (χ4n) is 3.38. The van der Waals surface area contributed by atoms with Crippen molar-refractivity contribution in [2.75, 3.05) is 19.7 Å². The fraction of sp³-hybridized carbons (Fsp3) is 0.300. The summed E-state index contributed by atoms with van der Waals surface area (Å²) in [6, 6.07) is 15.2. The van der Waals surface area contributed by atoms with Crippen LogP contribution < -0.4 is 5.56 Å². The van der Waals surface area contributed by atoms with Gasteiger partial charge in [-0.15, -0.1) is 0 Å². The Morgan fingerprint density at radius 1 is 1.23 bits per heavy atom. The predicted molar refractivity (Wildman–Crippen MR) is 102 cm³/mol. The van der Waals surface area contributed by atoms with Gasteiger partial charge in [0.1, 0.15) is 5.82 Å². The van der Waals surface area contributed by atoms with Crippen molar-refractivity contribution in [1.82, 2.24) is 14.9 Å². The summed E-state index contributed by atoms with van der Waals surface area (Å²) in [5.74, 6) is 0.686. The van der Waals surface area contributed by atoms with E-state index < -0.39 is 0 Å². The molecule has 1 fully saturated rings. The first-order valence-electron chi connectivity index (χ1n) is 8.72. The van der Waals surface area contributed by atoms with Crippen LogP contribution in [0.4, 0.5) is 0 Å². The molecule has 1 aliphatic rings. The molecule has 2 heterocycles. The Morgan fingerprint density at radius 3 is 2.81 bits per heavy atom. The number of ether oxygens (including phenoxy) is 1. The first kappa shape index (κ1) is 17.2. The standard InChI is InChI=1S/C20H20ClN3O2/c1-13(19-22-17-5-3-2-4-16(17)20(25)23-19)24-10-11-26-18(12-24)14-6-8-15(21)9-7-14/h2-9,13,18H,10-12H2,1H3,(H,22,23,25). The normalized spacial score (nSPS) is 19.5. The Labute approximate surface area is 156 Å². The van der Waals surface area contributed by atoms with Gasteiger partial charge in [0.25, 0.3) is 5.56 Å². The number of hydrogen-bond donors (Lipinski definition) is 1. The van der Waals surface area contributed by atoms with Crippen molar-refractivity contribution in [2.24, 2.45) is 0 Å². The van der Waals surface area contributed by atoms with Gasteiger partial charge in [0.05, 0.1) is 29.7 Å². The van der Waals surface area contributed by atoms with Gasteiger partial charge in [0.2, 0.25) is 0 Å². The van der Waals surface area contributed by atoms with Crippen molar-refractivity contribution in [3.05, 3.63) is 75.3 Å². The minimum absolute atomic E-state index is 0.00833. The molecule has 0 amide bonds. The van der Waals surface area contributed by atoms with Gasteiger partial charge in [-0.25, -0.2) is 4.98 Å². The number of H-pyrrole nitrogens is 1. The van der Waals surface area contributed by atoms with E-state index in [2.05, 4.69) is 21.8 Å². The summed E-state index contributed by atoms with van der Waals surface area (Å²) in [6.45, 7) is 4.23. The lowest BCUT2D eigenvalue weighted by Crippen LogP contribution is -2.40. The smallest absolute Gasteiger partial charge is 0.258 e. The van der Waals surface area contributed by atoms with Crippen LogP contribution in [-0.2, 0) is 4.74 Å². The highest BCUT2D eigenvalue weighted by Crippen LogP contribution is 2.28. The minimum atomic E-state index is -0.0973. The second-order valence-electron chi connectivity index (χ2n) is 6.55. The predicted octanol–water partition coefficient (Wildman–Crippen LogP) is 3.71. The first-order chi connectivity index (χ1) is 12.6. The molecular weight excluding hydrogens is 350 g/mol. The van der Waals surface area contributed by atoms with E-state index in [0.717, 1.165) is 24.2 Å². The van der Waals surface area contributed by atoms with Crippen molar-refractivity contribution in [1.29, 1.82) is 0 Å². The molecule has 1 aliphatic heterocycles. The maximum Gasteiger partial charge on any atom is 0.258 e. The SMILES string of the molecule is CC(c1nc2ccccc2c(=O)[nH]1)N1CCOC(c2ccc(Cl)cc2)C1. The number of nitrogens with zero attached hydrogens (tertiary/aromatic N) is 2. The van der Waals surface area contributed by atoms with Gasteiger partial charge in [-0.05, 0) is 36.8 Å². The van der Waals surface area contributed by atoms with E-state index in [1.807, 2.05) is 42.5 Å². The fourth-order valence-corrected chi connectivity index (χ4v) is 3.50. The molecule has 2 atom stereocenters. The van der Waals surface area contributed by atoms with Crippen LogP contribution in [0, 0.1) is 0 Å². The minimum Gasteiger partial charge on any atom is -0.371 e. The molecule has 3 aromatic rings. The summed E-state index contributed by atoms with van der Waals surface area (Å²) >= 11 is 5.98. The molecule has 4 rings (SSSR count). The lowest BCUT2D eigenvalue weighted by Gasteiger charge is -2.36. The van der Waals surface area contributed by atoms with Crippen LogP contribution in [-0.4, -0.2) is 34.6 Å². The monoisotopic (exact) mass is 369 g/mol. The van der Waals surface area contributed by atoms with E-state index in [0.29, 0.717) is 22.8 Å². The Morgan fingerprint density at radius 2 is 2.00 bits per heavy atom. The number of benzene rings is 2. The van der Waals surface area contributed by atoms with Gasteiger partial charge in [-0.3, -0.25) is 9.69 Å². The van der Waals surface area contributed by atoms with Crippen molar-refractivity contribution in [3.8, 4) is 0 Å². The Kier molecular flexibility index (Phi) is 4.76. The Hall–Kier alpha value is -2.21. The largest absolute Gasteiger partial charge is 0.371 e. The van der Waals surface area contributed by atoms with Gasteiger partial charge in [0.15, 0.2) is 0 Å². The molecule has 1 saturated heterocycles. The van der Waals surface area contributed by atoms with Crippen LogP contribution in [0.1, 0.15) is 30.5 Å². The highest BCUT2D eigenvalue weighted by molar-refractivity contribution is 6.30. The number of rotatable bonds is 3. The molecule has 0 bridgehead atoms. The molecule has 0 aliphatic carbocycles. The van der Waals surface area contributed by atoms with Crippen LogP contribution in [0.3, 0.4) is 0 Å². The topological polar surface area (TPSA) is 58.2 Å². The van der Waals surface area contributed by atoms with E-state index in [9.17, 15) is 4.79 Å². The van der Waals surface area contributed by atoms with Crippen molar-refractivity contribution in [3.63, 3.8) is 0 Å². The zero-order valence-corrected chi connectivity index (χ0v) is 15.2. The second kappa shape index (κ2) is 7.19. The average molecular weight is 370 g/mol. The molecule has 5 nitrogen and oxygen atoms in total. The van der Waals surface area contributed by atoms with Crippen molar-refractivity contribution in [2.45, 2.75) is 19.1 Å². The van der Waals surface area contributed by atoms with Crippen molar-refractivity contribution >= 4 is 22.5 Å². The first-order valence-corrected chi connectivity index (χ1v) is 9.09. The number of aromatic amines is 1. The van der Waals surface area contributed by atoms with Crippen LogP contribution in [0.15, 0.2) is 53.3 Å². The summed E-state index contributed by atoms with van der Waals surface area (Å²) in [5.41, 5.74) is 1.73. The van der Waals surface area contributed by atoms with E-state index in [-0.39, 0.29) is 17.7 Å². The molecule has 134 valence electrons. The number of hydrogen-bond acceptors (Lipinski definition) is 4. The molecule has 0 spiro atoms. The van der Waals surface area contributed by atoms with E-state index in [1.54, 1.807) is 6.07 Å². The molecule has 1 N–H and O–H groups in total. The number of para-hydroxylation sites is 1. The van der Waals surface area contributed by atoms with E-state index >= 15 is 0 Å². The molecule has 2 aromatic carbocycles. The maximum atomic E-state index is 12.4. The molecule has 2 unspecified atom stereocenters. The number of fused-ring (bicyclic) bond motifs is 1. The quantitative estimate of drug-likeness (QED) is 0.764. The summed E-state index contributed by atoms with van der Waals surface area (Å²) in [7, 11) is 0. The van der Waals surface area contributed by atoms with Gasteiger partial charge < -0.3 is 9.72 Å². The summed E-state index contributed by atoms with van der Waals surface area (Å²) in [5, 5.41) is 1.33. The molecule has 0 saturated carbocycles. The maximum absolute atomic E-state index is 12.4. The third-order valence-electron chi connectivity index (χ3n) is 4.91. The van der Waals surface area contributed by atoms with Crippen LogP contribution in [0.25, 0.3) is 10.9 Å². The molecule has 6 heteroatoms. The second-order valence-corrected chi connectivity index (χ2v) is 6.99. The van der Waals surface area contributed by atoms with Crippen LogP contribution in [0.5, 0.6) is 0 Å². The van der Waals surface area contributed by atoms with Gasteiger partial charge in [0, 0.05) is 18.1 Å². The molecular formula is C20H20ClN3O2. The highest BCUT2D eigenvalue weighted by atomic mass is 35.5. The van der Waals surface area contributed by atoms with Gasteiger partial charge >= 0.3 is 0 Å². The highest BCUT2D eigenvalue weighted by Gasteiger charge is 2.27. The number of halogens is 1. The summed E-state index contributed by atoms with van der Waals surface area (Å²) in [6.07, 6.45) is -0.0179. The summed E-state index contributed by atoms with van der Waals surface area (Å²) in [4.78, 5) is 22.2. The lowest BCUT2D eigenvalue weighted by molar-refractivity contribution is -0.0442. The average Bonchev–Trinajstić information content (AvgIpc) is 2.68. The van der Waals surface area contributed by atoms with Crippen LogP contribution in [0.2, 0.25) is 5.02 Å².